The van der Waals surface area contributed by atoms with Crippen molar-refractivity contribution >= 4 is 16.7 Å². The molecule has 6 heteroatoms. The molecule has 0 amide bonds. The molecule has 1 heterocycles. The number of aliphatic hydroxyl groups is 1. The molecule has 0 saturated heterocycles. The lowest BCUT2D eigenvalue weighted by Crippen LogP contribution is -2.04. The number of nitro groups is 1. The molecule has 0 saturated carbocycles. The summed E-state index contributed by atoms with van der Waals surface area (Å²) in [5, 5.41) is 20.4. The van der Waals surface area contributed by atoms with Crippen LogP contribution in [0.1, 0.15) is 5.56 Å². The van der Waals surface area contributed by atoms with Crippen LogP contribution in [0.15, 0.2) is 42.5 Å². The van der Waals surface area contributed by atoms with Crippen LogP contribution < -0.4 is 0 Å². The standard InChI is InChI=1S/C16H15N3O3/c1-11-6-7-12(10-15(11)19(21)22)16-17-13-4-2-3-5-14(13)18(16)8-9-20/h2-7,10,20H,8-9H2,1H3. The number of nitro benzene ring substituents is 1. The summed E-state index contributed by atoms with van der Waals surface area (Å²) in [6.45, 7) is 2.07. The molecule has 0 spiro atoms. The van der Waals surface area contributed by atoms with Gasteiger partial charge in [-0.2, -0.15) is 0 Å². The predicted molar refractivity (Wildman–Crippen MR) is 83.6 cm³/mol. The van der Waals surface area contributed by atoms with E-state index in [0.29, 0.717) is 23.5 Å². The maximum absolute atomic E-state index is 11.1. The van der Waals surface area contributed by atoms with Crippen LogP contribution in [0.2, 0.25) is 0 Å². The molecular formula is C16H15N3O3. The summed E-state index contributed by atoms with van der Waals surface area (Å²) >= 11 is 0. The van der Waals surface area contributed by atoms with E-state index < -0.39 is 4.92 Å². The van der Waals surface area contributed by atoms with Crippen LogP contribution in [-0.4, -0.2) is 26.2 Å². The minimum absolute atomic E-state index is 0.0265. The Balaban J connectivity index is 2.23. The first-order valence-electron chi connectivity index (χ1n) is 6.93. The van der Waals surface area contributed by atoms with Gasteiger partial charge in [0, 0.05) is 23.7 Å². The van der Waals surface area contributed by atoms with Crippen molar-refractivity contribution in [2.45, 2.75) is 13.5 Å². The summed E-state index contributed by atoms with van der Waals surface area (Å²) in [6.07, 6.45) is 0. The van der Waals surface area contributed by atoms with Gasteiger partial charge in [-0.1, -0.05) is 24.3 Å². The Kier molecular flexibility index (Phi) is 3.60. The van der Waals surface area contributed by atoms with E-state index in [2.05, 4.69) is 4.98 Å². The van der Waals surface area contributed by atoms with Gasteiger partial charge in [0.25, 0.3) is 5.69 Å². The van der Waals surface area contributed by atoms with Gasteiger partial charge >= 0.3 is 0 Å². The van der Waals surface area contributed by atoms with E-state index >= 15 is 0 Å². The molecule has 0 aliphatic carbocycles. The highest BCUT2D eigenvalue weighted by molar-refractivity contribution is 5.81. The number of aromatic nitrogens is 2. The van der Waals surface area contributed by atoms with Crippen LogP contribution in [0.3, 0.4) is 0 Å². The van der Waals surface area contributed by atoms with Gasteiger partial charge in [0.2, 0.25) is 0 Å². The van der Waals surface area contributed by atoms with E-state index in [4.69, 9.17) is 0 Å². The average Bonchev–Trinajstić information content (AvgIpc) is 2.87. The summed E-state index contributed by atoms with van der Waals surface area (Å²) in [5.41, 5.74) is 3.05. The molecule has 0 radical (unpaired) electrons. The average molecular weight is 297 g/mol. The molecule has 0 aliphatic heterocycles. The Bertz CT molecular complexity index is 855. The van der Waals surface area contributed by atoms with Crippen molar-refractivity contribution in [3.63, 3.8) is 0 Å². The molecule has 0 aliphatic rings. The second-order valence-corrected chi connectivity index (χ2v) is 5.06. The molecule has 0 bridgehead atoms. The number of aliphatic hydroxyl groups excluding tert-OH is 1. The predicted octanol–water partition coefficient (Wildman–Crippen LogP) is 2.91. The van der Waals surface area contributed by atoms with Gasteiger partial charge in [0.05, 0.1) is 22.6 Å². The molecule has 3 aromatic rings. The minimum atomic E-state index is -0.391. The second kappa shape index (κ2) is 5.57. The number of hydrogen-bond donors (Lipinski definition) is 1. The van der Waals surface area contributed by atoms with Crippen molar-refractivity contribution in [1.29, 1.82) is 0 Å². The van der Waals surface area contributed by atoms with Crippen molar-refractivity contribution < 1.29 is 10.0 Å². The van der Waals surface area contributed by atoms with Crippen LogP contribution in [0, 0.1) is 17.0 Å². The Labute approximate surface area is 126 Å². The number of aryl methyl sites for hydroxylation is 1. The van der Waals surface area contributed by atoms with Crippen molar-refractivity contribution in [2.24, 2.45) is 0 Å². The Morgan fingerprint density at radius 3 is 2.77 bits per heavy atom. The molecule has 1 aromatic heterocycles. The highest BCUT2D eigenvalue weighted by Crippen LogP contribution is 2.29. The third-order valence-corrected chi connectivity index (χ3v) is 3.64. The van der Waals surface area contributed by atoms with E-state index in [-0.39, 0.29) is 12.3 Å². The van der Waals surface area contributed by atoms with Gasteiger partial charge in [-0.25, -0.2) is 4.98 Å². The lowest BCUT2D eigenvalue weighted by Gasteiger charge is -2.08. The summed E-state index contributed by atoms with van der Waals surface area (Å²) in [5.74, 6) is 0.623. The molecule has 3 rings (SSSR count). The number of benzene rings is 2. The lowest BCUT2D eigenvalue weighted by atomic mass is 10.1. The minimum Gasteiger partial charge on any atom is -0.395 e. The van der Waals surface area contributed by atoms with Gasteiger partial charge in [-0.15, -0.1) is 0 Å². The first-order valence-corrected chi connectivity index (χ1v) is 6.93. The quantitative estimate of drug-likeness (QED) is 0.593. The van der Waals surface area contributed by atoms with Gasteiger partial charge in [-0.3, -0.25) is 10.1 Å². The molecule has 0 fully saturated rings. The first kappa shape index (κ1) is 14.2. The normalized spacial score (nSPS) is 11.0. The fraction of sp³-hybridized carbons (Fsp3) is 0.188. The fourth-order valence-corrected chi connectivity index (χ4v) is 2.57. The van der Waals surface area contributed by atoms with Gasteiger partial charge in [-0.05, 0) is 19.1 Å². The second-order valence-electron chi connectivity index (χ2n) is 5.06. The van der Waals surface area contributed by atoms with E-state index in [0.717, 1.165) is 11.0 Å². The van der Waals surface area contributed by atoms with Crippen LogP contribution >= 0.6 is 0 Å². The largest absolute Gasteiger partial charge is 0.395 e. The molecule has 1 N–H and O–H groups in total. The Hall–Kier alpha value is -2.73. The molecule has 0 unspecified atom stereocenters. The topological polar surface area (TPSA) is 81.2 Å². The van der Waals surface area contributed by atoms with E-state index in [1.54, 1.807) is 13.0 Å². The zero-order chi connectivity index (χ0) is 15.7. The SMILES string of the molecule is Cc1ccc(-c2nc3ccccc3n2CCO)cc1[N+](=O)[O-]. The smallest absolute Gasteiger partial charge is 0.273 e. The van der Waals surface area contributed by atoms with Crippen LogP contribution in [0.5, 0.6) is 0 Å². The number of hydrogen-bond acceptors (Lipinski definition) is 4. The van der Waals surface area contributed by atoms with Crippen molar-refractivity contribution in [3.8, 4) is 11.4 Å². The zero-order valence-electron chi connectivity index (χ0n) is 12.1. The van der Waals surface area contributed by atoms with E-state index in [9.17, 15) is 15.2 Å². The fourth-order valence-electron chi connectivity index (χ4n) is 2.57. The molecule has 112 valence electrons. The molecule has 6 nitrogen and oxygen atoms in total. The third-order valence-electron chi connectivity index (χ3n) is 3.64. The third kappa shape index (κ3) is 2.33. The van der Waals surface area contributed by atoms with Crippen LogP contribution in [-0.2, 0) is 6.54 Å². The molecule has 2 aromatic carbocycles. The number of rotatable bonds is 4. The molecule has 22 heavy (non-hydrogen) atoms. The summed E-state index contributed by atoms with van der Waals surface area (Å²) in [4.78, 5) is 15.3. The van der Waals surface area contributed by atoms with Crippen molar-refractivity contribution in [1.82, 2.24) is 9.55 Å². The van der Waals surface area contributed by atoms with Gasteiger partial charge in [0.1, 0.15) is 5.82 Å². The maximum atomic E-state index is 11.1. The lowest BCUT2D eigenvalue weighted by molar-refractivity contribution is -0.385. The zero-order valence-corrected chi connectivity index (χ0v) is 12.1. The molecule has 0 atom stereocenters. The van der Waals surface area contributed by atoms with Crippen LogP contribution in [0.4, 0.5) is 5.69 Å². The number of para-hydroxylation sites is 2. The number of imidazole rings is 1. The first-order chi connectivity index (χ1) is 10.6. The maximum Gasteiger partial charge on any atom is 0.273 e. The molecular weight excluding hydrogens is 282 g/mol. The summed E-state index contributed by atoms with van der Waals surface area (Å²) in [6, 6.07) is 12.7. The number of fused-ring (bicyclic) bond motifs is 1. The summed E-state index contributed by atoms with van der Waals surface area (Å²) < 4.78 is 1.88. The highest BCUT2D eigenvalue weighted by Gasteiger charge is 2.16. The van der Waals surface area contributed by atoms with Crippen LogP contribution in [0.25, 0.3) is 22.4 Å². The number of nitrogens with zero attached hydrogens (tertiary/aromatic N) is 3. The van der Waals surface area contributed by atoms with Crippen molar-refractivity contribution in [3.05, 3.63) is 58.1 Å². The van der Waals surface area contributed by atoms with E-state index in [1.165, 1.54) is 6.07 Å². The highest BCUT2D eigenvalue weighted by atomic mass is 16.6. The van der Waals surface area contributed by atoms with Gasteiger partial charge < -0.3 is 9.67 Å². The summed E-state index contributed by atoms with van der Waals surface area (Å²) in [7, 11) is 0. The Morgan fingerprint density at radius 2 is 2.05 bits per heavy atom. The van der Waals surface area contributed by atoms with E-state index in [1.807, 2.05) is 34.9 Å². The van der Waals surface area contributed by atoms with Crippen molar-refractivity contribution in [2.75, 3.05) is 6.61 Å². The Morgan fingerprint density at radius 1 is 1.27 bits per heavy atom. The monoisotopic (exact) mass is 297 g/mol. The van der Waals surface area contributed by atoms with Gasteiger partial charge in [0.15, 0.2) is 0 Å².